The molecule has 1 saturated heterocycles. The SMILES string of the molecule is Cc1nc(N=C/C=C\N)ccc1N1CCN(Cc2cc(Nc3ncc[nH]3)ncn2)CC1. The number of rotatable bonds is 7. The first-order valence-electron chi connectivity index (χ1n) is 10.1. The molecule has 4 rings (SSSR count). The van der Waals surface area contributed by atoms with Gasteiger partial charge in [-0.1, -0.05) is 0 Å². The number of nitrogens with two attached hydrogens (primary N) is 1. The molecule has 160 valence electrons. The van der Waals surface area contributed by atoms with E-state index in [9.17, 15) is 0 Å². The van der Waals surface area contributed by atoms with E-state index in [0.717, 1.165) is 55.6 Å². The van der Waals surface area contributed by atoms with Crippen LogP contribution in [0.25, 0.3) is 0 Å². The van der Waals surface area contributed by atoms with Crippen molar-refractivity contribution >= 4 is 29.5 Å². The third-order valence-corrected chi connectivity index (χ3v) is 5.01. The van der Waals surface area contributed by atoms with E-state index in [0.29, 0.717) is 11.8 Å². The lowest BCUT2D eigenvalue weighted by Crippen LogP contribution is -2.46. The normalized spacial score (nSPS) is 15.2. The average molecular weight is 419 g/mol. The molecule has 0 unspecified atom stereocenters. The molecule has 1 fully saturated rings. The maximum Gasteiger partial charge on any atom is 0.205 e. The number of pyridine rings is 1. The van der Waals surface area contributed by atoms with E-state index in [1.807, 2.05) is 19.1 Å². The van der Waals surface area contributed by atoms with Crippen LogP contribution >= 0.6 is 0 Å². The molecule has 10 nitrogen and oxygen atoms in total. The number of allylic oxidation sites excluding steroid dienone is 1. The highest BCUT2D eigenvalue weighted by molar-refractivity contribution is 5.73. The van der Waals surface area contributed by atoms with Crippen molar-refractivity contribution in [2.45, 2.75) is 13.5 Å². The largest absolute Gasteiger partial charge is 0.405 e. The topological polar surface area (TPSA) is 124 Å². The van der Waals surface area contributed by atoms with Crippen LogP contribution in [0.15, 0.2) is 54.2 Å². The predicted octanol–water partition coefficient (Wildman–Crippen LogP) is 2.14. The highest BCUT2D eigenvalue weighted by atomic mass is 15.3. The summed E-state index contributed by atoms with van der Waals surface area (Å²) in [6.07, 6.45) is 9.81. The summed E-state index contributed by atoms with van der Waals surface area (Å²) in [5.74, 6) is 2.07. The van der Waals surface area contributed by atoms with Crippen LogP contribution in [0.5, 0.6) is 0 Å². The van der Waals surface area contributed by atoms with Gasteiger partial charge in [0.25, 0.3) is 0 Å². The number of piperazine rings is 1. The number of H-pyrrole nitrogens is 1. The van der Waals surface area contributed by atoms with Gasteiger partial charge in [-0.2, -0.15) is 0 Å². The van der Waals surface area contributed by atoms with Crippen molar-refractivity contribution in [3.63, 3.8) is 0 Å². The monoisotopic (exact) mass is 418 g/mol. The summed E-state index contributed by atoms with van der Waals surface area (Å²) < 4.78 is 0. The highest BCUT2D eigenvalue weighted by Crippen LogP contribution is 2.23. The molecule has 0 aromatic carbocycles. The van der Waals surface area contributed by atoms with Gasteiger partial charge in [0.2, 0.25) is 5.95 Å². The van der Waals surface area contributed by atoms with E-state index in [1.54, 1.807) is 31.0 Å². The minimum Gasteiger partial charge on any atom is -0.405 e. The second kappa shape index (κ2) is 9.81. The Hall–Kier alpha value is -3.79. The molecule has 0 amide bonds. The molecular formula is C21H26N10. The van der Waals surface area contributed by atoms with Crippen LogP contribution < -0.4 is 16.0 Å². The molecule has 0 bridgehead atoms. The summed E-state index contributed by atoms with van der Waals surface area (Å²) in [5.41, 5.74) is 8.43. The second-order valence-electron chi connectivity index (χ2n) is 7.16. The molecule has 3 aromatic heterocycles. The van der Waals surface area contributed by atoms with E-state index in [1.165, 1.54) is 6.20 Å². The van der Waals surface area contributed by atoms with Gasteiger partial charge in [0.15, 0.2) is 5.82 Å². The van der Waals surface area contributed by atoms with Crippen LogP contribution in [0.4, 0.5) is 23.3 Å². The first kappa shape index (κ1) is 20.5. The number of aromatic nitrogens is 5. The van der Waals surface area contributed by atoms with Gasteiger partial charge in [0.1, 0.15) is 12.1 Å². The standard InChI is InChI=1S/C21H26N10/c1-16-18(3-4-19(28-16)23-6-2-5-22)31-11-9-30(10-12-31)14-17-13-20(27-15-26-17)29-21-24-7-8-25-21/h2-8,13,15H,9-12,14,22H2,1H3,(H2,24,25,26,27,29)/b5-2-,23-6?. The lowest BCUT2D eigenvalue weighted by molar-refractivity contribution is 0.247. The fourth-order valence-electron chi connectivity index (χ4n) is 3.50. The Balaban J connectivity index is 1.33. The summed E-state index contributed by atoms with van der Waals surface area (Å²) in [7, 11) is 0. The van der Waals surface area contributed by atoms with Gasteiger partial charge >= 0.3 is 0 Å². The summed E-state index contributed by atoms with van der Waals surface area (Å²) >= 11 is 0. The van der Waals surface area contributed by atoms with Crippen molar-refractivity contribution in [3.8, 4) is 0 Å². The number of imidazole rings is 1. The van der Waals surface area contributed by atoms with Crippen LogP contribution in [0.2, 0.25) is 0 Å². The van der Waals surface area contributed by atoms with E-state index >= 15 is 0 Å². The smallest absolute Gasteiger partial charge is 0.205 e. The van der Waals surface area contributed by atoms with Crippen molar-refractivity contribution < 1.29 is 0 Å². The van der Waals surface area contributed by atoms with Gasteiger partial charge in [0, 0.05) is 57.4 Å². The number of aromatic amines is 1. The minimum absolute atomic E-state index is 0.662. The molecule has 1 aliphatic heterocycles. The molecule has 4 heterocycles. The predicted molar refractivity (Wildman–Crippen MR) is 122 cm³/mol. The van der Waals surface area contributed by atoms with Gasteiger partial charge in [-0.15, -0.1) is 0 Å². The number of nitrogens with one attached hydrogen (secondary N) is 2. The summed E-state index contributed by atoms with van der Waals surface area (Å²) in [6.45, 7) is 6.57. The molecule has 0 atom stereocenters. The number of nitrogens with zero attached hydrogens (tertiary/aromatic N) is 7. The van der Waals surface area contributed by atoms with E-state index in [-0.39, 0.29) is 0 Å². The minimum atomic E-state index is 0.662. The van der Waals surface area contributed by atoms with Crippen molar-refractivity contribution in [1.82, 2.24) is 29.8 Å². The fraction of sp³-hybridized carbons (Fsp3) is 0.286. The number of anilines is 3. The molecule has 4 N–H and O–H groups in total. The number of hydrogen-bond donors (Lipinski definition) is 3. The molecule has 0 saturated carbocycles. The highest BCUT2D eigenvalue weighted by Gasteiger charge is 2.19. The molecule has 0 spiro atoms. The molecule has 0 radical (unpaired) electrons. The Morgan fingerprint density at radius 3 is 2.81 bits per heavy atom. The van der Waals surface area contributed by atoms with Crippen molar-refractivity contribution in [1.29, 1.82) is 0 Å². The van der Waals surface area contributed by atoms with Gasteiger partial charge < -0.3 is 20.9 Å². The molecular weight excluding hydrogens is 392 g/mol. The van der Waals surface area contributed by atoms with E-state index in [2.05, 4.69) is 51.1 Å². The number of aliphatic imine (C=N–C) groups is 1. The number of aryl methyl sites for hydroxylation is 1. The first-order chi connectivity index (χ1) is 15.2. The first-order valence-corrected chi connectivity index (χ1v) is 10.1. The summed E-state index contributed by atoms with van der Waals surface area (Å²) in [4.78, 5) is 29.5. The lowest BCUT2D eigenvalue weighted by Gasteiger charge is -2.36. The Morgan fingerprint density at radius 1 is 1.19 bits per heavy atom. The number of hydrogen-bond acceptors (Lipinski definition) is 9. The second-order valence-corrected chi connectivity index (χ2v) is 7.16. The van der Waals surface area contributed by atoms with Gasteiger partial charge in [-0.3, -0.25) is 4.90 Å². The van der Waals surface area contributed by atoms with Crippen LogP contribution in [0.1, 0.15) is 11.4 Å². The Kier molecular flexibility index (Phi) is 6.48. The molecule has 3 aromatic rings. The molecule has 10 heteroatoms. The van der Waals surface area contributed by atoms with Gasteiger partial charge in [-0.25, -0.2) is 24.9 Å². The Bertz CT molecular complexity index is 1040. The zero-order valence-electron chi connectivity index (χ0n) is 17.4. The summed E-state index contributed by atoms with van der Waals surface area (Å²) in [5, 5.41) is 3.15. The van der Waals surface area contributed by atoms with Crippen molar-refractivity contribution in [3.05, 3.63) is 60.6 Å². The van der Waals surface area contributed by atoms with Crippen molar-refractivity contribution in [2.75, 3.05) is 36.4 Å². The maximum absolute atomic E-state index is 5.32. The van der Waals surface area contributed by atoms with Crippen LogP contribution in [-0.4, -0.2) is 62.2 Å². The Morgan fingerprint density at radius 2 is 2.06 bits per heavy atom. The average Bonchev–Trinajstić information content (AvgIpc) is 3.28. The Labute approximate surface area is 181 Å². The van der Waals surface area contributed by atoms with Crippen LogP contribution in [0.3, 0.4) is 0 Å². The third kappa shape index (κ3) is 5.43. The maximum atomic E-state index is 5.32. The fourth-order valence-corrected chi connectivity index (χ4v) is 3.50. The molecule has 1 aliphatic rings. The zero-order valence-corrected chi connectivity index (χ0v) is 17.4. The van der Waals surface area contributed by atoms with E-state index in [4.69, 9.17) is 5.73 Å². The lowest BCUT2D eigenvalue weighted by atomic mass is 10.2. The van der Waals surface area contributed by atoms with Crippen LogP contribution in [0, 0.1) is 6.92 Å². The van der Waals surface area contributed by atoms with E-state index < -0.39 is 0 Å². The van der Waals surface area contributed by atoms with Crippen LogP contribution in [-0.2, 0) is 6.54 Å². The zero-order chi connectivity index (χ0) is 21.5. The summed E-state index contributed by atoms with van der Waals surface area (Å²) in [6, 6.07) is 5.99. The van der Waals surface area contributed by atoms with Crippen molar-refractivity contribution in [2.24, 2.45) is 10.7 Å². The third-order valence-electron chi connectivity index (χ3n) is 5.01. The quantitative estimate of drug-likeness (QED) is 0.499. The molecule has 31 heavy (non-hydrogen) atoms. The van der Waals surface area contributed by atoms with Gasteiger partial charge in [-0.05, 0) is 31.3 Å². The van der Waals surface area contributed by atoms with Gasteiger partial charge in [0.05, 0.1) is 17.1 Å². The molecule has 0 aliphatic carbocycles.